The molecule has 0 bridgehead atoms. The molecule has 0 radical (unpaired) electrons. The van der Waals surface area contributed by atoms with Crippen LogP contribution in [-0.4, -0.2) is 35.2 Å². The maximum absolute atomic E-state index is 11.6. The Balaban J connectivity index is 3.76. The number of ether oxygens (including phenoxy) is 1. The van der Waals surface area contributed by atoms with Crippen LogP contribution in [0.15, 0.2) is 0 Å². The number of carbonyl (C=O) groups is 1. The predicted octanol–water partition coefficient (Wildman–Crippen LogP) is 3.23. The van der Waals surface area contributed by atoms with E-state index in [4.69, 9.17) is 4.74 Å². The lowest BCUT2D eigenvalue weighted by molar-refractivity contribution is -0.151. The van der Waals surface area contributed by atoms with Crippen molar-refractivity contribution in [1.82, 2.24) is 5.32 Å². The van der Waals surface area contributed by atoms with Crippen LogP contribution in [0.4, 0.5) is 0 Å². The summed E-state index contributed by atoms with van der Waals surface area (Å²) in [7, 11) is 0. The number of esters is 1. The molecule has 0 rings (SSSR count). The molecule has 0 spiro atoms. The Morgan fingerprint density at radius 1 is 1.33 bits per heavy atom. The van der Waals surface area contributed by atoms with Gasteiger partial charge in [0.2, 0.25) is 0 Å². The van der Waals surface area contributed by atoms with Gasteiger partial charge in [-0.15, -0.1) is 11.8 Å². The van der Waals surface area contributed by atoms with E-state index in [-0.39, 0.29) is 11.6 Å². The van der Waals surface area contributed by atoms with Crippen LogP contribution in [-0.2, 0) is 9.53 Å². The maximum Gasteiger partial charge on any atom is 0.316 e. The van der Waals surface area contributed by atoms with Gasteiger partial charge in [0.15, 0.2) is 0 Å². The third-order valence-electron chi connectivity index (χ3n) is 2.33. The van der Waals surface area contributed by atoms with Crippen molar-refractivity contribution in [1.29, 1.82) is 0 Å². The zero-order chi connectivity index (χ0) is 14.2. The predicted molar refractivity (Wildman–Crippen MR) is 80.1 cm³/mol. The Morgan fingerprint density at radius 2 is 1.94 bits per heavy atom. The average molecular weight is 275 g/mol. The van der Waals surface area contributed by atoms with Gasteiger partial charge in [0, 0.05) is 11.3 Å². The molecule has 2 atom stereocenters. The van der Waals surface area contributed by atoms with Crippen LogP contribution in [0.5, 0.6) is 0 Å². The number of hydrogen-bond acceptors (Lipinski definition) is 4. The van der Waals surface area contributed by atoms with E-state index in [1.807, 2.05) is 20.8 Å². The lowest BCUT2D eigenvalue weighted by Gasteiger charge is -2.21. The molecule has 0 fully saturated rings. The monoisotopic (exact) mass is 275 g/mol. The molecule has 0 aliphatic carbocycles. The highest BCUT2D eigenvalue weighted by Gasteiger charge is 2.17. The first-order valence-electron chi connectivity index (χ1n) is 6.81. The molecule has 0 aromatic heterocycles. The quantitative estimate of drug-likeness (QED) is 0.690. The Bertz CT molecular complexity index is 238. The first-order valence-corrected chi connectivity index (χ1v) is 7.86. The number of rotatable bonds is 8. The van der Waals surface area contributed by atoms with Gasteiger partial charge in [-0.2, -0.15) is 0 Å². The molecule has 2 unspecified atom stereocenters. The molecule has 108 valence electrons. The molecule has 1 N–H and O–H groups in total. The standard InChI is InChI=1S/C14H29NO2S/c1-7-8-15-11(2)9-12(3)18-10-13(16)17-14(4,5)6/h11-12,15H,7-10H2,1-6H3. The highest BCUT2D eigenvalue weighted by atomic mass is 32.2. The number of carbonyl (C=O) groups excluding carboxylic acids is 1. The fourth-order valence-corrected chi connectivity index (χ4v) is 2.53. The normalized spacial score (nSPS) is 15.2. The minimum Gasteiger partial charge on any atom is -0.459 e. The van der Waals surface area contributed by atoms with E-state index < -0.39 is 0 Å². The summed E-state index contributed by atoms with van der Waals surface area (Å²) in [6.45, 7) is 13.3. The fraction of sp³-hybridized carbons (Fsp3) is 0.929. The summed E-state index contributed by atoms with van der Waals surface area (Å²) in [5.41, 5.74) is -0.378. The lowest BCUT2D eigenvalue weighted by atomic mass is 10.2. The van der Waals surface area contributed by atoms with E-state index >= 15 is 0 Å². The van der Waals surface area contributed by atoms with Crippen molar-refractivity contribution in [2.45, 2.75) is 71.3 Å². The van der Waals surface area contributed by atoms with Crippen molar-refractivity contribution in [3.8, 4) is 0 Å². The minimum atomic E-state index is -0.378. The highest BCUT2D eigenvalue weighted by Crippen LogP contribution is 2.17. The Morgan fingerprint density at radius 3 is 2.44 bits per heavy atom. The number of hydrogen-bond donors (Lipinski definition) is 1. The van der Waals surface area contributed by atoms with E-state index in [0.29, 0.717) is 17.0 Å². The van der Waals surface area contributed by atoms with E-state index in [1.54, 1.807) is 11.8 Å². The van der Waals surface area contributed by atoms with Crippen molar-refractivity contribution >= 4 is 17.7 Å². The van der Waals surface area contributed by atoms with Crippen molar-refractivity contribution in [2.75, 3.05) is 12.3 Å². The third-order valence-corrected chi connectivity index (χ3v) is 3.50. The summed E-state index contributed by atoms with van der Waals surface area (Å²) in [4.78, 5) is 11.6. The molecular formula is C14H29NO2S. The van der Waals surface area contributed by atoms with Gasteiger partial charge in [0.1, 0.15) is 5.60 Å². The molecule has 0 aromatic carbocycles. The van der Waals surface area contributed by atoms with Crippen molar-refractivity contribution in [3.05, 3.63) is 0 Å². The van der Waals surface area contributed by atoms with Gasteiger partial charge >= 0.3 is 5.97 Å². The molecule has 0 saturated heterocycles. The molecule has 0 amide bonds. The average Bonchev–Trinajstić information content (AvgIpc) is 2.21. The first-order chi connectivity index (χ1) is 8.24. The Hall–Kier alpha value is -0.220. The smallest absolute Gasteiger partial charge is 0.316 e. The summed E-state index contributed by atoms with van der Waals surface area (Å²) in [5, 5.41) is 3.93. The van der Waals surface area contributed by atoms with E-state index in [9.17, 15) is 4.79 Å². The zero-order valence-corrected chi connectivity index (χ0v) is 13.5. The van der Waals surface area contributed by atoms with Gasteiger partial charge in [0.25, 0.3) is 0 Å². The molecular weight excluding hydrogens is 246 g/mol. The summed E-state index contributed by atoms with van der Waals surface area (Å²) in [6, 6.07) is 0.506. The van der Waals surface area contributed by atoms with Crippen molar-refractivity contribution in [3.63, 3.8) is 0 Å². The van der Waals surface area contributed by atoms with Crippen LogP contribution >= 0.6 is 11.8 Å². The summed E-state index contributed by atoms with van der Waals surface area (Å²) >= 11 is 1.67. The largest absolute Gasteiger partial charge is 0.459 e. The SMILES string of the molecule is CCCNC(C)CC(C)SCC(=O)OC(C)(C)C. The van der Waals surface area contributed by atoms with E-state index in [0.717, 1.165) is 19.4 Å². The molecule has 0 heterocycles. The van der Waals surface area contributed by atoms with Crippen LogP contribution < -0.4 is 5.32 Å². The fourth-order valence-electron chi connectivity index (χ4n) is 1.62. The summed E-state index contributed by atoms with van der Waals surface area (Å²) < 4.78 is 5.28. The summed E-state index contributed by atoms with van der Waals surface area (Å²) in [6.07, 6.45) is 2.23. The topological polar surface area (TPSA) is 38.3 Å². The van der Waals surface area contributed by atoms with E-state index in [2.05, 4.69) is 26.1 Å². The van der Waals surface area contributed by atoms with Crippen LogP contribution in [0, 0.1) is 0 Å². The minimum absolute atomic E-state index is 0.117. The van der Waals surface area contributed by atoms with Crippen molar-refractivity contribution in [2.24, 2.45) is 0 Å². The van der Waals surface area contributed by atoms with Gasteiger partial charge in [-0.25, -0.2) is 0 Å². The van der Waals surface area contributed by atoms with Crippen molar-refractivity contribution < 1.29 is 9.53 Å². The van der Waals surface area contributed by atoms with Crippen LogP contribution in [0.3, 0.4) is 0 Å². The lowest BCUT2D eigenvalue weighted by Crippen LogP contribution is -2.29. The van der Waals surface area contributed by atoms with Gasteiger partial charge in [-0.1, -0.05) is 13.8 Å². The third kappa shape index (κ3) is 10.9. The molecule has 4 heteroatoms. The van der Waals surface area contributed by atoms with Gasteiger partial charge < -0.3 is 10.1 Å². The Kier molecular flexibility index (Phi) is 8.70. The van der Waals surface area contributed by atoms with Gasteiger partial charge in [-0.3, -0.25) is 4.79 Å². The maximum atomic E-state index is 11.6. The second-order valence-electron chi connectivity index (χ2n) is 5.80. The zero-order valence-electron chi connectivity index (χ0n) is 12.7. The molecule has 0 aromatic rings. The molecule has 3 nitrogen and oxygen atoms in total. The Labute approximate surface area is 116 Å². The second kappa shape index (κ2) is 8.81. The van der Waals surface area contributed by atoms with Crippen LogP contribution in [0.2, 0.25) is 0 Å². The molecule has 0 aliphatic rings. The van der Waals surface area contributed by atoms with Crippen LogP contribution in [0.25, 0.3) is 0 Å². The van der Waals surface area contributed by atoms with E-state index in [1.165, 1.54) is 0 Å². The number of nitrogens with one attached hydrogen (secondary N) is 1. The highest BCUT2D eigenvalue weighted by molar-refractivity contribution is 8.00. The van der Waals surface area contributed by atoms with Gasteiger partial charge in [0.05, 0.1) is 5.75 Å². The van der Waals surface area contributed by atoms with Crippen LogP contribution in [0.1, 0.15) is 54.4 Å². The summed E-state index contributed by atoms with van der Waals surface area (Å²) in [5.74, 6) is 0.326. The number of thioether (sulfide) groups is 1. The molecule has 0 saturated carbocycles. The second-order valence-corrected chi connectivity index (χ2v) is 7.23. The first kappa shape index (κ1) is 17.8. The molecule has 0 aliphatic heterocycles. The van der Waals surface area contributed by atoms with Gasteiger partial charge in [-0.05, 0) is 47.1 Å². The molecule has 18 heavy (non-hydrogen) atoms.